The van der Waals surface area contributed by atoms with Crippen molar-refractivity contribution in [3.8, 4) is 0 Å². The molecule has 1 aromatic rings. The van der Waals surface area contributed by atoms with Gasteiger partial charge < -0.3 is 4.74 Å². The van der Waals surface area contributed by atoms with Crippen LogP contribution in [0.15, 0.2) is 29.4 Å². The minimum absolute atomic E-state index is 0.0426. The molecule has 1 aliphatic rings. The average Bonchev–Trinajstić information content (AvgIpc) is 2.63. The van der Waals surface area contributed by atoms with E-state index in [-0.39, 0.29) is 6.42 Å². The number of hydrogen-bond donors (Lipinski definition) is 0. The van der Waals surface area contributed by atoms with Gasteiger partial charge in [-0.25, -0.2) is 0 Å². The van der Waals surface area contributed by atoms with E-state index < -0.39 is 22.9 Å². The molecule has 0 N–H and O–H groups in total. The Labute approximate surface area is 116 Å². The molecular formula is C14H15N3O3. The van der Waals surface area contributed by atoms with Crippen LogP contribution in [0.1, 0.15) is 36.7 Å². The molecule has 6 nitrogen and oxygen atoms in total. The van der Waals surface area contributed by atoms with Crippen LogP contribution in [0.25, 0.3) is 10.4 Å². The Morgan fingerprint density at radius 3 is 2.60 bits per heavy atom. The number of fused-ring (bicyclic) bond motifs is 1. The normalized spacial score (nSPS) is 21.1. The molecule has 0 aromatic heterocycles. The molecule has 0 amide bonds. The Hall–Kier alpha value is -2.33. The van der Waals surface area contributed by atoms with E-state index in [1.807, 2.05) is 0 Å². The Morgan fingerprint density at radius 2 is 2.05 bits per heavy atom. The Kier molecular flexibility index (Phi) is 3.28. The maximum absolute atomic E-state index is 12.5. The van der Waals surface area contributed by atoms with Gasteiger partial charge in [-0.3, -0.25) is 9.59 Å². The number of azide groups is 1. The second-order valence-electron chi connectivity index (χ2n) is 5.71. The molecule has 0 saturated heterocycles. The minimum atomic E-state index is -1.81. The number of carbonyl (C=O) groups is 2. The van der Waals surface area contributed by atoms with Crippen LogP contribution >= 0.6 is 0 Å². The van der Waals surface area contributed by atoms with E-state index >= 15 is 0 Å². The smallest absolute Gasteiger partial charge is 0.326 e. The van der Waals surface area contributed by atoms with Crippen LogP contribution in [-0.4, -0.2) is 22.9 Å². The fraction of sp³-hybridized carbons (Fsp3) is 0.429. The zero-order valence-electron chi connectivity index (χ0n) is 11.6. The van der Waals surface area contributed by atoms with Gasteiger partial charge in [-0.15, -0.1) is 0 Å². The summed E-state index contributed by atoms with van der Waals surface area (Å²) in [5.74, 6) is -1.30. The van der Waals surface area contributed by atoms with Crippen LogP contribution in [0.5, 0.6) is 0 Å². The van der Waals surface area contributed by atoms with Crippen molar-refractivity contribution in [2.75, 3.05) is 0 Å². The molecule has 6 heteroatoms. The number of esters is 1. The third-order valence-corrected chi connectivity index (χ3v) is 3.04. The molecule has 0 radical (unpaired) electrons. The molecule has 104 valence electrons. The quantitative estimate of drug-likeness (QED) is 0.272. The third-order valence-electron chi connectivity index (χ3n) is 3.04. The first kappa shape index (κ1) is 14.1. The average molecular weight is 273 g/mol. The van der Waals surface area contributed by atoms with Crippen molar-refractivity contribution >= 4 is 11.8 Å². The lowest BCUT2D eigenvalue weighted by Gasteiger charge is -2.26. The van der Waals surface area contributed by atoms with Gasteiger partial charge in [0.15, 0.2) is 5.78 Å². The molecule has 0 aliphatic heterocycles. The van der Waals surface area contributed by atoms with Gasteiger partial charge in [-0.2, -0.15) is 0 Å². The van der Waals surface area contributed by atoms with Crippen molar-refractivity contribution in [2.24, 2.45) is 5.11 Å². The molecule has 0 unspecified atom stereocenters. The van der Waals surface area contributed by atoms with E-state index in [0.717, 1.165) is 0 Å². The van der Waals surface area contributed by atoms with Gasteiger partial charge in [0.05, 0.1) is 0 Å². The van der Waals surface area contributed by atoms with Crippen molar-refractivity contribution in [2.45, 2.75) is 38.3 Å². The second kappa shape index (κ2) is 4.65. The number of nitrogens with zero attached hydrogens (tertiary/aromatic N) is 3. The molecule has 1 aliphatic carbocycles. The molecule has 0 saturated carbocycles. The molecule has 0 fully saturated rings. The van der Waals surface area contributed by atoms with Gasteiger partial charge in [0, 0.05) is 16.9 Å². The molecule has 1 aromatic carbocycles. The SMILES string of the molecule is CC(C)(C)OC(=O)[C@]1(N=[N+]=[N-])Cc2ccccc2C1=O. The highest BCUT2D eigenvalue weighted by molar-refractivity contribution is 6.20. The van der Waals surface area contributed by atoms with E-state index in [9.17, 15) is 9.59 Å². The molecule has 2 rings (SSSR count). The monoisotopic (exact) mass is 273 g/mol. The first-order valence-electron chi connectivity index (χ1n) is 6.22. The van der Waals surface area contributed by atoms with E-state index in [2.05, 4.69) is 10.0 Å². The minimum Gasteiger partial charge on any atom is -0.459 e. The number of ether oxygens (including phenoxy) is 1. The predicted molar refractivity (Wildman–Crippen MR) is 72.2 cm³/mol. The largest absolute Gasteiger partial charge is 0.459 e. The van der Waals surface area contributed by atoms with Crippen LogP contribution in [0.3, 0.4) is 0 Å². The Balaban J connectivity index is 2.47. The lowest BCUT2D eigenvalue weighted by atomic mass is 9.95. The van der Waals surface area contributed by atoms with Crippen LogP contribution in [0.4, 0.5) is 0 Å². The van der Waals surface area contributed by atoms with Crippen molar-refractivity contribution in [1.82, 2.24) is 0 Å². The summed E-state index contributed by atoms with van der Waals surface area (Å²) in [6.07, 6.45) is 0.0426. The number of Topliss-reactive ketones (excluding diaryl/α,β-unsaturated/α-hetero) is 1. The first-order chi connectivity index (χ1) is 9.30. The lowest BCUT2D eigenvalue weighted by Crippen LogP contribution is -2.46. The van der Waals surface area contributed by atoms with Gasteiger partial charge in [0.1, 0.15) is 5.60 Å². The maximum Gasteiger partial charge on any atom is 0.326 e. The van der Waals surface area contributed by atoms with Crippen LogP contribution in [0, 0.1) is 0 Å². The molecule has 0 spiro atoms. The van der Waals surface area contributed by atoms with Crippen LogP contribution in [0.2, 0.25) is 0 Å². The van der Waals surface area contributed by atoms with Crippen LogP contribution in [-0.2, 0) is 16.0 Å². The number of rotatable bonds is 2. The third kappa shape index (κ3) is 2.26. The standard InChI is InChI=1S/C14H15N3O3/c1-13(2,3)20-12(19)14(16-17-15)8-9-6-4-5-7-10(9)11(14)18/h4-7H,8H2,1-3H3/t14-/m0/s1. The highest BCUT2D eigenvalue weighted by Gasteiger charge is 2.53. The fourth-order valence-corrected chi connectivity index (χ4v) is 2.20. The van der Waals surface area contributed by atoms with E-state index in [0.29, 0.717) is 11.1 Å². The zero-order valence-corrected chi connectivity index (χ0v) is 11.6. The Morgan fingerprint density at radius 1 is 1.40 bits per heavy atom. The first-order valence-corrected chi connectivity index (χ1v) is 6.22. The Bertz CT molecular complexity index is 627. The van der Waals surface area contributed by atoms with Crippen molar-refractivity contribution < 1.29 is 14.3 Å². The van der Waals surface area contributed by atoms with Gasteiger partial charge in [-0.05, 0) is 31.9 Å². The highest BCUT2D eigenvalue weighted by atomic mass is 16.6. The molecule has 20 heavy (non-hydrogen) atoms. The topological polar surface area (TPSA) is 92.1 Å². The molecular weight excluding hydrogens is 258 g/mol. The molecule has 1 atom stereocenters. The number of benzene rings is 1. The highest BCUT2D eigenvalue weighted by Crippen LogP contribution is 2.35. The van der Waals surface area contributed by atoms with E-state index in [1.54, 1.807) is 45.0 Å². The summed E-state index contributed by atoms with van der Waals surface area (Å²) in [5, 5.41) is 3.49. The summed E-state index contributed by atoms with van der Waals surface area (Å²) in [7, 11) is 0. The summed E-state index contributed by atoms with van der Waals surface area (Å²) in [6, 6.07) is 6.84. The van der Waals surface area contributed by atoms with E-state index in [4.69, 9.17) is 10.3 Å². The maximum atomic E-state index is 12.5. The van der Waals surface area contributed by atoms with Crippen molar-refractivity contribution in [1.29, 1.82) is 0 Å². The summed E-state index contributed by atoms with van der Waals surface area (Å²) < 4.78 is 5.25. The summed E-state index contributed by atoms with van der Waals surface area (Å²) in [6.45, 7) is 5.09. The number of ketones is 1. The zero-order chi connectivity index (χ0) is 15.0. The summed E-state index contributed by atoms with van der Waals surface area (Å²) >= 11 is 0. The van der Waals surface area contributed by atoms with Crippen LogP contribution < -0.4 is 0 Å². The van der Waals surface area contributed by atoms with Gasteiger partial charge >= 0.3 is 5.97 Å². The number of hydrogen-bond acceptors (Lipinski definition) is 4. The lowest BCUT2D eigenvalue weighted by molar-refractivity contribution is -0.159. The molecule has 0 heterocycles. The summed E-state index contributed by atoms with van der Waals surface area (Å²) in [4.78, 5) is 27.5. The van der Waals surface area contributed by atoms with Crippen molar-refractivity contribution in [3.05, 3.63) is 45.8 Å². The second-order valence-corrected chi connectivity index (χ2v) is 5.71. The fourth-order valence-electron chi connectivity index (χ4n) is 2.20. The van der Waals surface area contributed by atoms with Gasteiger partial charge in [0.2, 0.25) is 5.54 Å². The van der Waals surface area contributed by atoms with E-state index in [1.165, 1.54) is 0 Å². The van der Waals surface area contributed by atoms with Gasteiger partial charge in [0.25, 0.3) is 0 Å². The predicted octanol–water partition coefficient (Wildman–Crippen LogP) is 2.82. The van der Waals surface area contributed by atoms with Gasteiger partial charge in [-0.1, -0.05) is 29.4 Å². The summed E-state index contributed by atoms with van der Waals surface area (Å²) in [5.41, 5.74) is 7.26. The van der Waals surface area contributed by atoms with Crippen molar-refractivity contribution in [3.63, 3.8) is 0 Å². The number of carbonyl (C=O) groups excluding carboxylic acids is 2. The molecule has 0 bridgehead atoms.